The van der Waals surface area contributed by atoms with Gasteiger partial charge in [0.05, 0.1) is 0 Å². The number of aliphatic hydroxyl groups is 1. The lowest BCUT2D eigenvalue weighted by Crippen LogP contribution is -2.41. The van der Waals surface area contributed by atoms with E-state index in [-0.39, 0.29) is 12.0 Å². The normalized spacial score (nSPS) is 15.7. The number of aliphatic hydroxyl groups excluding tert-OH is 1. The maximum atomic E-state index is 11.0. The number of hydrogen-bond acceptors (Lipinski definition) is 3. The summed E-state index contributed by atoms with van der Waals surface area (Å²) >= 11 is 0. The highest BCUT2D eigenvalue weighted by molar-refractivity contribution is 5.58. The minimum atomic E-state index is -0.250. The average molecular weight is 215 g/mol. The Balaban J connectivity index is 4.31. The van der Waals surface area contributed by atoms with Gasteiger partial charge in [0, 0.05) is 31.2 Å². The topological polar surface area (TPSA) is 40.5 Å². The largest absolute Gasteiger partial charge is 0.396 e. The van der Waals surface area contributed by atoms with Crippen LogP contribution in [-0.4, -0.2) is 42.0 Å². The highest BCUT2D eigenvalue weighted by Gasteiger charge is 2.25. The number of hydrogen-bond donors (Lipinski definition) is 1. The molecular weight excluding hydrogens is 190 g/mol. The molecular formula is C12H25NO2. The van der Waals surface area contributed by atoms with Crippen LogP contribution >= 0.6 is 0 Å². The van der Waals surface area contributed by atoms with Crippen molar-refractivity contribution >= 4 is 6.29 Å². The second-order valence-electron chi connectivity index (χ2n) is 4.77. The molecule has 0 rings (SSSR count). The van der Waals surface area contributed by atoms with E-state index in [0.717, 1.165) is 32.2 Å². The highest BCUT2D eigenvalue weighted by Crippen LogP contribution is 2.20. The molecule has 0 saturated carbocycles. The molecule has 3 nitrogen and oxygen atoms in total. The van der Waals surface area contributed by atoms with Crippen LogP contribution in [0.25, 0.3) is 0 Å². The monoisotopic (exact) mass is 215 g/mol. The first-order chi connectivity index (χ1) is 6.99. The van der Waals surface area contributed by atoms with Gasteiger partial charge in [0.1, 0.15) is 6.29 Å². The number of rotatable bonds is 8. The smallest absolute Gasteiger partial charge is 0.127 e. The average Bonchev–Trinajstić information content (AvgIpc) is 2.23. The Morgan fingerprint density at radius 2 is 2.07 bits per heavy atom. The molecule has 0 aromatic carbocycles. The lowest BCUT2D eigenvalue weighted by atomic mass is 9.88. The predicted molar refractivity (Wildman–Crippen MR) is 62.9 cm³/mol. The van der Waals surface area contributed by atoms with E-state index in [1.165, 1.54) is 0 Å². The third-order valence-electron chi connectivity index (χ3n) is 2.99. The molecule has 0 heterocycles. The minimum Gasteiger partial charge on any atom is -0.396 e. The lowest BCUT2D eigenvalue weighted by Gasteiger charge is -2.33. The summed E-state index contributed by atoms with van der Waals surface area (Å²) in [5.41, 5.74) is -0.250. The van der Waals surface area contributed by atoms with Crippen LogP contribution in [0.4, 0.5) is 0 Å². The fourth-order valence-corrected chi connectivity index (χ4v) is 1.49. The molecule has 0 aliphatic heterocycles. The van der Waals surface area contributed by atoms with E-state index in [1.54, 1.807) is 0 Å². The van der Waals surface area contributed by atoms with Gasteiger partial charge in [0.15, 0.2) is 0 Å². The van der Waals surface area contributed by atoms with Gasteiger partial charge in [-0.15, -0.1) is 0 Å². The standard InChI is InChI=1S/C12H25NO2/c1-5-12(4,10-15)9-13(11(2)3)7-6-8-14/h10-11,14H,5-9H2,1-4H3. The Morgan fingerprint density at radius 1 is 1.47 bits per heavy atom. The van der Waals surface area contributed by atoms with Crippen molar-refractivity contribution in [1.82, 2.24) is 4.90 Å². The van der Waals surface area contributed by atoms with Gasteiger partial charge in [0.2, 0.25) is 0 Å². The Morgan fingerprint density at radius 3 is 2.40 bits per heavy atom. The molecule has 0 fully saturated rings. The van der Waals surface area contributed by atoms with Crippen LogP contribution in [-0.2, 0) is 4.79 Å². The molecule has 0 amide bonds. The zero-order chi connectivity index (χ0) is 11.9. The van der Waals surface area contributed by atoms with Gasteiger partial charge in [-0.1, -0.05) is 13.8 Å². The second kappa shape index (κ2) is 6.96. The first-order valence-electron chi connectivity index (χ1n) is 5.80. The van der Waals surface area contributed by atoms with Gasteiger partial charge in [-0.2, -0.15) is 0 Å². The van der Waals surface area contributed by atoms with Crippen molar-refractivity contribution in [2.45, 2.75) is 46.6 Å². The first kappa shape index (κ1) is 14.6. The summed E-state index contributed by atoms with van der Waals surface area (Å²) in [6, 6.07) is 0.419. The molecule has 0 saturated heterocycles. The molecule has 0 aliphatic rings. The molecule has 0 aromatic rings. The molecule has 3 heteroatoms. The van der Waals surface area contributed by atoms with Crippen LogP contribution in [0.1, 0.15) is 40.5 Å². The van der Waals surface area contributed by atoms with Crippen LogP contribution in [0, 0.1) is 5.41 Å². The quantitative estimate of drug-likeness (QED) is 0.626. The maximum absolute atomic E-state index is 11.0. The van der Waals surface area contributed by atoms with Gasteiger partial charge >= 0.3 is 0 Å². The molecule has 0 aliphatic carbocycles. The molecule has 1 unspecified atom stereocenters. The molecule has 0 spiro atoms. The van der Waals surface area contributed by atoms with E-state index in [4.69, 9.17) is 5.11 Å². The second-order valence-corrected chi connectivity index (χ2v) is 4.77. The summed E-state index contributed by atoms with van der Waals surface area (Å²) < 4.78 is 0. The third-order valence-corrected chi connectivity index (χ3v) is 2.99. The van der Waals surface area contributed by atoms with Gasteiger partial charge in [-0.3, -0.25) is 4.90 Å². The van der Waals surface area contributed by atoms with E-state index < -0.39 is 0 Å². The van der Waals surface area contributed by atoms with E-state index in [2.05, 4.69) is 18.7 Å². The highest BCUT2D eigenvalue weighted by atomic mass is 16.3. The van der Waals surface area contributed by atoms with E-state index >= 15 is 0 Å². The third kappa shape index (κ3) is 5.28. The zero-order valence-corrected chi connectivity index (χ0v) is 10.5. The molecule has 0 bridgehead atoms. The van der Waals surface area contributed by atoms with E-state index in [0.29, 0.717) is 6.04 Å². The Bertz CT molecular complexity index is 182. The molecule has 1 atom stereocenters. The van der Waals surface area contributed by atoms with Gasteiger partial charge in [-0.25, -0.2) is 0 Å². The summed E-state index contributed by atoms with van der Waals surface area (Å²) in [7, 11) is 0. The molecule has 15 heavy (non-hydrogen) atoms. The van der Waals surface area contributed by atoms with Crippen molar-refractivity contribution in [3.63, 3.8) is 0 Å². The Hall–Kier alpha value is -0.410. The number of carbonyl (C=O) groups is 1. The van der Waals surface area contributed by atoms with Gasteiger partial charge in [-0.05, 0) is 26.7 Å². The zero-order valence-electron chi connectivity index (χ0n) is 10.5. The fraction of sp³-hybridized carbons (Fsp3) is 0.917. The lowest BCUT2D eigenvalue weighted by molar-refractivity contribution is -0.116. The number of carbonyl (C=O) groups excluding carboxylic acids is 1. The number of nitrogens with zero attached hydrogens (tertiary/aromatic N) is 1. The Labute approximate surface area is 93.5 Å². The van der Waals surface area contributed by atoms with Gasteiger partial charge < -0.3 is 9.90 Å². The molecule has 0 aromatic heterocycles. The predicted octanol–water partition coefficient (Wildman–Crippen LogP) is 1.69. The van der Waals surface area contributed by atoms with Crippen molar-refractivity contribution < 1.29 is 9.90 Å². The summed E-state index contributed by atoms with van der Waals surface area (Å²) in [6.45, 7) is 10.1. The van der Waals surface area contributed by atoms with E-state index in [1.807, 2.05) is 13.8 Å². The summed E-state index contributed by atoms with van der Waals surface area (Å²) in [4.78, 5) is 13.3. The summed E-state index contributed by atoms with van der Waals surface area (Å²) in [5, 5.41) is 8.81. The van der Waals surface area contributed by atoms with Crippen molar-refractivity contribution in [2.24, 2.45) is 5.41 Å². The van der Waals surface area contributed by atoms with Crippen LogP contribution in [0.5, 0.6) is 0 Å². The van der Waals surface area contributed by atoms with Crippen molar-refractivity contribution in [3.05, 3.63) is 0 Å². The van der Waals surface area contributed by atoms with E-state index in [9.17, 15) is 4.79 Å². The fourth-order valence-electron chi connectivity index (χ4n) is 1.49. The Kier molecular flexibility index (Phi) is 6.77. The first-order valence-corrected chi connectivity index (χ1v) is 5.80. The van der Waals surface area contributed by atoms with Crippen molar-refractivity contribution in [1.29, 1.82) is 0 Å². The van der Waals surface area contributed by atoms with Crippen LogP contribution < -0.4 is 0 Å². The minimum absolute atomic E-state index is 0.215. The molecule has 1 N–H and O–H groups in total. The van der Waals surface area contributed by atoms with Crippen LogP contribution in [0.2, 0.25) is 0 Å². The summed E-state index contributed by atoms with van der Waals surface area (Å²) in [6.07, 6.45) is 2.69. The van der Waals surface area contributed by atoms with Crippen LogP contribution in [0.15, 0.2) is 0 Å². The van der Waals surface area contributed by atoms with Crippen LogP contribution in [0.3, 0.4) is 0 Å². The summed E-state index contributed by atoms with van der Waals surface area (Å²) in [5.74, 6) is 0. The molecule has 90 valence electrons. The molecule has 0 radical (unpaired) electrons. The number of aldehydes is 1. The van der Waals surface area contributed by atoms with Gasteiger partial charge in [0.25, 0.3) is 0 Å². The van der Waals surface area contributed by atoms with Crippen molar-refractivity contribution in [3.8, 4) is 0 Å². The maximum Gasteiger partial charge on any atom is 0.127 e. The van der Waals surface area contributed by atoms with Crippen molar-refractivity contribution in [2.75, 3.05) is 19.7 Å². The SMILES string of the molecule is CCC(C)(C=O)CN(CCCO)C(C)C.